The molecule has 1 aliphatic heterocycles. The number of nitrogens with two attached hydrogens (primary N) is 1. The first-order chi connectivity index (χ1) is 10.1. The van der Waals surface area contributed by atoms with Gasteiger partial charge in [-0.2, -0.15) is 0 Å². The third-order valence-electron chi connectivity index (χ3n) is 4.08. The topological polar surface area (TPSA) is 32.5 Å². The predicted molar refractivity (Wildman–Crippen MR) is 90.8 cm³/mol. The summed E-state index contributed by atoms with van der Waals surface area (Å²) < 4.78 is 0. The van der Waals surface area contributed by atoms with E-state index < -0.39 is 0 Å². The van der Waals surface area contributed by atoms with Crippen LogP contribution in [0.25, 0.3) is 0 Å². The van der Waals surface area contributed by atoms with Gasteiger partial charge < -0.3 is 15.5 Å². The Morgan fingerprint density at radius 2 is 1.81 bits per heavy atom. The molecular weight excluding hydrogens is 258 g/mol. The first kappa shape index (κ1) is 13.8. The Hall–Kier alpha value is -2.16. The Morgan fingerprint density at radius 1 is 1.05 bits per heavy atom. The first-order valence-electron chi connectivity index (χ1n) is 7.53. The molecule has 0 bridgehead atoms. The summed E-state index contributed by atoms with van der Waals surface area (Å²) in [6.45, 7) is 5.37. The van der Waals surface area contributed by atoms with Crippen LogP contribution >= 0.6 is 0 Å². The molecule has 0 saturated carbocycles. The van der Waals surface area contributed by atoms with Crippen molar-refractivity contribution in [2.45, 2.75) is 13.5 Å². The molecule has 1 unspecified atom stereocenters. The SMILES string of the molecule is CC1CN(C)c2ccccc2N(Cc2cccc(N)c2)C1. The maximum atomic E-state index is 5.91. The van der Waals surface area contributed by atoms with E-state index in [-0.39, 0.29) is 0 Å². The zero-order chi connectivity index (χ0) is 14.8. The van der Waals surface area contributed by atoms with Gasteiger partial charge in [-0.05, 0) is 35.7 Å². The second-order valence-corrected chi connectivity index (χ2v) is 6.10. The lowest BCUT2D eigenvalue weighted by Gasteiger charge is -2.26. The van der Waals surface area contributed by atoms with E-state index in [0.717, 1.165) is 25.3 Å². The van der Waals surface area contributed by atoms with Gasteiger partial charge in [-0.15, -0.1) is 0 Å². The largest absolute Gasteiger partial charge is 0.399 e. The van der Waals surface area contributed by atoms with Crippen molar-refractivity contribution in [3.05, 3.63) is 54.1 Å². The molecule has 0 saturated heterocycles. The van der Waals surface area contributed by atoms with Gasteiger partial charge in [0.1, 0.15) is 0 Å². The fourth-order valence-electron chi connectivity index (χ4n) is 3.21. The van der Waals surface area contributed by atoms with Crippen molar-refractivity contribution >= 4 is 17.1 Å². The predicted octanol–water partition coefficient (Wildman–Crippen LogP) is 3.36. The van der Waals surface area contributed by atoms with Gasteiger partial charge in [-0.1, -0.05) is 31.2 Å². The third-order valence-corrected chi connectivity index (χ3v) is 4.08. The number of hydrogen-bond donors (Lipinski definition) is 1. The maximum Gasteiger partial charge on any atom is 0.0607 e. The second kappa shape index (κ2) is 5.68. The molecule has 1 atom stereocenters. The van der Waals surface area contributed by atoms with Crippen molar-refractivity contribution in [3.8, 4) is 0 Å². The van der Waals surface area contributed by atoms with E-state index in [2.05, 4.69) is 60.2 Å². The molecule has 0 aliphatic carbocycles. The number of nitrogens with zero attached hydrogens (tertiary/aromatic N) is 2. The average molecular weight is 281 g/mol. The van der Waals surface area contributed by atoms with Crippen LogP contribution in [-0.4, -0.2) is 20.1 Å². The van der Waals surface area contributed by atoms with Crippen LogP contribution in [0.15, 0.2) is 48.5 Å². The molecule has 1 aliphatic rings. The summed E-state index contributed by atoms with van der Waals surface area (Å²) in [7, 11) is 2.18. The van der Waals surface area contributed by atoms with Crippen LogP contribution in [0, 0.1) is 5.92 Å². The van der Waals surface area contributed by atoms with Crippen LogP contribution < -0.4 is 15.5 Å². The summed E-state index contributed by atoms with van der Waals surface area (Å²) in [4.78, 5) is 4.83. The Bertz CT molecular complexity index is 623. The zero-order valence-corrected chi connectivity index (χ0v) is 12.8. The lowest BCUT2D eigenvalue weighted by atomic mass is 10.1. The monoisotopic (exact) mass is 281 g/mol. The summed E-state index contributed by atoms with van der Waals surface area (Å²) >= 11 is 0. The van der Waals surface area contributed by atoms with Crippen molar-refractivity contribution in [1.82, 2.24) is 0 Å². The molecule has 3 nitrogen and oxygen atoms in total. The molecule has 21 heavy (non-hydrogen) atoms. The standard InChI is InChI=1S/C18H23N3/c1-14-11-20(2)17-8-3-4-9-18(17)21(12-14)13-15-6-5-7-16(19)10-15/h3-10,14H,11-13,19H2,1-2H3. The summed E-state index contributed by atoms with van der Waals surface area (Å²) in [5.74, 6) is 0.628. The Labute approximate surface area is 127 Å². The Kier molecular flexibility index (Phi) is 3.74. The van der Waals surface area contributed by atoms with Gasteiger partial charge in [0.25, 0.3) is 0 Å². The molecule has 3 rings (SSSR count). The molecule has 0 aromatic heterocycles. The highest BCUT2D eigenvalue weighted by Gasteiger charge is 2.22. The van der Waals surface area contributed by atoms with Gasteiger partial charge in [0, 0.05) is 32.4 Å². The number of fused-ring (bicyclic) bond motifs is 1. The van der Waals surface area contributed by atoms with Crippen molar-refractivity contribution in [1.29, 1.82) is 0 Å². The maximum absolute atomic E-state index is 5.91. The molecule has 2 aromatic carbocycles. The molecule has 0 spiro atoms. The summed E-state index contributed by atoms with van der Waals surface area (Å²) in [5, 5.41) is 0. The van der Waals surface area contributed by atoms with Gasteiger partial charge in [-0.3, -0.25) is 0 Å². The van der Waals surface area contributed by atoms with E-state index in [0.29, 0.717) is 5.92 Å². The number of nitrogen functional groups attached to an aromatic ring is 1. The normalized spacial score (nSPS) is 18.3. The summed E-state index contributed by atoms with van der Waals surface area (Å²) in [6.07, 6.45) is 0. The van der Waals surface area contributed by atoms with E-state index in [9.17, 15) is 0 Å². The van der Waals surface area contributed by atoms with Gasteiger partial charge in [0.15, 0.2) is 0 Å². The number of hydrogen-bond acceptors (Lipinski definition) is 3. The van der Waals surface area contributed by atoms with Crippen molar-refractivity contribution in [2.75, 3.05) is 35.7 Å². The fraction of sp³-hybridized carbons (Fsp3) is 0.333. The highest BCUT2D eigenvalue weighted by molar-refractivity contribution is 5.72. The van der Waals surface area contributed by atoms with Crippen LogP contribution in [0.1, 0.15) is 12.5 Å². The van der Waals surface area contributed by atoms with Crippen LogP contribution in [0.5, 0.6) is 0 Å². The molecule has 0 amide bonds. The number of para-hydroxylation sites is 2. The fourth-order valence-corrected chi connectivity index (χ4v) is 3.21. The van der Waals surface area contributed by atoms with Gasteiger partial charge in [-0.25, -0.2) is 0 Å². The number of benzene rings is 2. The zero-order valence-electron chi connectivity index (χ0n) is 12.8. The Balaban J connectivity index is 1.94. The van der Waals surface area contributed by atoms with Crippen LogP contribution in [0.4, 0.5) is 17.1 Å². The van der Waals surface area contributed by atoms with Crippen molar-refractivity contribution in [2.24, 2.45) is 5.92 Å². The minimum Gasteiger partial charge on any atom is -0.399 e. The molecular formula is C18H23N3. The third kappa shape index (κ3) is 2.97. The molecule has 0 radical (unpaired) electrons. The van der Waals surface area contributed by atoms with E-state index in [4.69, 9.17) is 5.73 Å². The van der Waals surface area contributed by atoms with Crippen molar-refractivity contribution < 1.29 is 0 Å². The average Bonchev–Trinajstić information content (AvgIpc) is 2.57. The smallest absolute Gasteiger partial charge is 0.0607 e. The van der Waals surface area contributed by atoms with Crippen LogP contribution in [0.3, 0.4) is 0 Å². The molecule has 3 heteroatoms. The van der Waals surface area contributed by atoms with Crippen molar-refractivity contribution in [3.63, 3.8) is 0 Å². The van der Waals surface area contributed by atoms with E-state index in [1.54, 1.807) is 0 Å². The van der Waals surface area contributed by atoms with E-state index in [1.165, 1.54) is 16.9 Å². The highest BCUT2D eigenvalue weighted by Crippen LogP contribution is 2.33. The molecule has 0 fully saturated rings. The van der Waals surface area contributed by atoms with Gasteiger partial charge >= 0.3 is 0 Å². The van der Waals surface area contributed by atoms with Crippen LogP contribution in [0.2, 0.25) is 0 Å². The minimum absolute atomic E-state index is 0.628. The van der Waals surface area contributed by atoms with E-state index >= 15 is 0 Å². The summed E-state index contributed by atoms with van der Waals surface area (Å²) in [5.41, 5.74) is 10.6. The molecule has 2 aromatic rings. The molecule has 2 N–H and O–H groups in total. The molecule has 1 heterocycles. The quantitative estimate of drug-likeness (QED) is 0.857. The highest BCUT2D eigenvalue weighted by atomic mass is 15.2. The Morgan fingerprint density at radius 3 is 2.57 bits per heavy atom. The lowest BCUT2D eigenvalue weighted by molar-refractivity contribution is 0.570. The lowest BCUT2D eigenvalue weighted by Crippen LogP contribution is -2.29. The number of anilines is 3. The minimum atomic E-state index is 0.628. The molecule has 110 valence electrons. The number of rotatable bonds is 2. The van der Waals surface area contributed by atoms with Gasteiger partial charge in [0.2, 0.25) is 0 Å². The van der Waals surface area contributed by atoms with Crippen LogP contribution in [-0.2, 0) is 6.54 Å². The second-order valence-electron chi connectivity index (χ2n) is 6.10. The van der Waals surface area contributed by atoms with E-state index in [1.807, 2.05) is 12.1 Å². The summed E-state index contributed by atoms with van der Waals surface area (Å²) in [6, 6.07) is 16.9. The first-order valence-corrected chi connectivity index (χ1v) is 7.53. The van der Waals surface area contributed by atoms with Gasteiger partial charge in [0.05, 0.1) is 11.4 Å².